The number of halogens is 1. The van der Waals surface area contributed by atoms with Gasteiger partial charge in [-0.15, -0.1) is 0 Å². The molecule has 0 amide bonds. The van der Waals surface area contributed by atoms with Gasteiger partial charge in [0, 0.05) is 21.9 Å². The van der Waals surface area contributed by atoms with Crippen molar-refractivity contribution in [2.45, 2.75) is 6.42 Å². The normalized spacial score (nSPS) is 10.2. The Bertz CT molecular complexity index is 382. The van der Waals surface area contributed by atoms with Crippen molar-refractivity contribution in [1.29, 1.82) is 0 Å². The van der Waals surface area contributed by atoms with E-state index >= 15 is 0 Å². The quantitative estimate of drug-likeness (QED) is 0.844. The van der Waals surface area contributed by atoms with E-state index in [1.807, 2.05) is 6.07 Å². The van der Waals surface area contributed by atoms with Crippen LogP contribution in [0.4, 0.5) is 0 Å². The Labute approximate surface area is 90.5 Å². The molecular weight excluding hydrogens is 275 g/mol. The molecule has 0 aliphatic rings. The number of hydrogen-bond acceptors (Lipinski definition) is 1. The third-order valence-electron chi connectivity index (χ3n) is 1.84. The monoisotopic (exact) mass is 284 g/mol. The maximum Gasteiger partial charge on any atom is 0.0490 e. The van der Waals surface area contributed by atoms with Gasteiger partial charge in [-0.25, -0.2) is 0 Å². The fraction of sp³-hybridized carbons (Fsp3) is 0.100. The Hall–Kier alpha value is -0.840. The first-order chi connectivity index (χ1) is 6.34. The molecule has 0 radical (unpaired) electrons. The summed E-state index contributed by atoms with van der Waals surface area (Å²) < 4.78 is 1.27. The fourth-order valence-corrected chi connectivity index (χ4v) is 1.86. The molecule has 0 aliphatic heterocycles. The van der Waals surface area contributed by atoms with E-state index in [1.165, 1.54) is 9.13 Å². The highest BCUT2D eigenvalue weighted by atomic mass is 127. The summed E-state index contributed by atoms with van der Waals surface area (Å²) in [5.41, 5.74) is 2.47. The highest BCUT2D eigenvalue weighted by Gasteiger charge is 1.96. The molecule has 1 N–H and O–H groups in total. The molecule has 0 atom stereocenters. The fourth-order valence-electron chi connectivity index (χ4n) is 1.25. The second-order valence-corrected chi connectivity index (χ2v) is 4.13. The summed E-state index contributed by atoms with van der Waals surface area (Å²) in [6.45, 7) is 0. The van der Waals surface area contributed by atoms with E-state index in [0.717, 1.165) is 12.1 Å². The maximum atomic E-state index is 3.91. The molecule has 0 saturated heterocycles. The van der Waals surface area contributed by atoms with E-state index in [-0.39, 0.29) is 0 Å². The zero-order valence-corrected chi connectivity index (χ0v) is 9.15. The first-order valence-electron chi connectivity index (χ1n) is 4.07. The summed E-state index contributed by atoms with van der Waals surface area (Å²) in [5.74, 6) is 0. The van der Waals surface area contributed by atoms with Crippen molar-refractivity contribution in [3.05, 3.63) is 51.4 Å². The molecular formula is C10H9IN2. The molecule has 13 heavy (non-hydrogen) atoms. The maximum absolute atomic E-state index is 3.91. The van der Waals surface area contributed by atoms with E-state index in [0.29, 0.717) is 0 Å². The molecule has 2 nitrogen and oxygen atoms in total. The van der Waals surface area contributed by atoms with E-state index in [9.17, 15) is 0 Å². The lowest BCUT2D eigenvalue weighted by Crippen LogP contribution is -1.88. The smallest absolute Gasteiger partial charge is 0.0490 e. The molecule has 0 bridgehead atoms. The summed E-state index contributed by atoms with van der Waals surface area (Å²) >= 11 is 2.32. The van der Waals surface area contributed by atoms with Crippen molar-refractivity contribution < 1.29 is 0 Å². The van der Waals surface area contributed by atoms with Gasteiger partial charge in [-0.2, -0.15) is 5.10 Å². The lowest BCUT2D eigenvalue weighted by molar-refractivity contribution is 0.996. The lowest BCUT2D eigenvalue weighted by atomic mass is 10.1. The third kappa shape index (κ3) is 2.30. The molecule has 0 unspecified atom stereocenters. The van der Waals surface area contributed by atoms with Gasteiger partial charge in [-0.3, -0.25) is 5.10 Å². The van der Waals surface area contributed by atoms with Crippen LogP contribution in [0.3, 0.4) is 0 Å². The average molecular weight is 284 g/mol. The number of aromatic nitrogens is 2. The molecule has 2 aromatic rings. The Balaban J connectivity index is 2.19. The van der Waals surface area contributed by atoms with Gasteiger partial charge in [-0.05, 0) is 46.4 Å². The highest BCUT2D eigenvalue weighted by molar-refractivity contribution is 14.1. The van der Waals surface area contributed by atoms with Crippen LogP contribution in [0.2, 0.25) is 0 Å². The van der Waals surface area contributed by atoms with Crippen LogP contribution in [0.15, 0.2) is 36.5 Å². The van der Waals surface area contributed by atoms with Crippen LogP contribution in [-0.4, -0.2) is 10.2 Å². The van der Waals surface area contributed by atoms with Crippen LogP contribution in [-0.2, 0) is 6.42 Å². The van der Waals surface area contributed by atoms with Gasteiger partial charge in [-0.1, -0.05) is 12.1 Å². The SMILES string of the molecule is Ic1cccc(Cc2ccn[nH]2)c1. The van der Waals surface area contributed by atoms with Crippen molar-refractivity contribution in [1.82, 2.24) is 10.2 Å². The minimum atomic E-state index is 0.927. The van der Waals surface area contributed by atoms with Gasteiger partial charge in [0.1, 0.15) is 0 Å². The predicted octanol–water partition coefficient (Wildman–Crippen LogP) is 2.61. The van der Waals surface area contributed by atoms with Gasteiger partial charge < -0.3 is 0 Å². The average Bonchev–Trinajstić information content (AvgIpc) is 2.57. The van der Waals surface area contributed by atoms with Crippen LogP contribution in [0.25, 0.3) is 0 Å². The zero-order valence-electron chi connectivity index (χ0n) is 7.00. The Morgan fingerprint density at radius 2 is 2.23 bits per heavy atom. The first-order valence-corrected chi connectivity index (χ1v) is 5.15. The summed E-state index contributed by atoms with van der Waals surface area (Å²) in [4.78, 5) is 0. The molecule has 1 aromatic carbocycles. The molecule has 2 rings (SSSR count). The number of aromatic amines is 1. The van der Waals surface area contributed by atoms with Crippen LogP contribution in [0, 0.1) is 3.57 Å². The van der Waals surface area contributed by atoms with Crippen molar-refractivity contribution in [2.24, 2.45) is 0 Å². The lowest BCUT2D eigenvalue weighted by Gasteiger charge is -1.98. The molecule has 0 saturated carbocycles. The van der Waals surface area contributed by atoms with E-state index < -0.39 is 0 Å². The second kappa shape index (κ2) is 3.91. The number of rotatable bonds is 2. The molecule has 0 spiro atoms. The highest BCUT2D eigenvalue weighted by Crippen LogP contribution is 2.10. The third-order valence-corrected chi connectivity index (χ3v) is 2.51. The number of benzene rings is 1. The van der Waals surface area contributed by atoms with E-state index in [2.05, 4.69) is 57.1 Å². The molecule has 0 aliphatic carbocycles. The van der Waals surface area contributed by atoms with Crippen LogP contribution in [0.1, 0.15) is 11.3 Å². The molecule has 66 valence electrons. The van der Waals surface area contributed by atoms with Gasteiger partial charge >= 0.3 is 0 Å². The predicted molar refractivity (Wildman–Crippen MR) is 60.6 cm³/mol. The number of nitrogens with one attached hydrogen (secondary N) is 1. The van der Waals surface area contributed by atoms with Crippen molar-refractivity contribution in [2.75, 3.05) is 0 Å². The van der Waals surface area contributed by atoms with Crippen LogP contribution < -0.4 is 0 Å². The number of nitrogens with zero attached hydrogens (tertiary/aromatic N) is 1. The molecule has 1 aromatic heterocycles. The van der Waals surface area contributed by atoms with Crippen LogP contribution >= 0.6 is 22.6 Å². The minimum Gasteiger partial charge on any atom is -0.282 e. The number of hydrogen-bond donors (Lipinski definition) is 1. The van der Waals surface area contributed by atoms with Gasteiger partial charge in [0.25, 0.3) is 0 Å². The minimum absolute atomic E-state index is 0.927. The summed E-state index contributed by atoms with van der Waals surface area (Å²) in [6.07, 6.45) is 2.71. The Kier molecular flexibility index (Phi) is 2.63. The number of H-pyrrole nitrogens is 1. The second-order valence-electron chi connectivity index (χ2n) is 2.89. The molecule has 3 heteroatoms. The molecule has 1 heterocycles. The molecule has 0 fully saturated rings. The van der Waals surface area contributed by atoms with Crippen LogP contribution in [0.5, 0.6) is 0 Å². The zero-order chi connectivity index (χ0) is 9.10. The topological polar surface area (TPSA) is 28.7 Å². The van der Waals surface area contributed by atoms with Crippen molar-refractivity contribution in [3.63, 3.8) is 0 Å². The largest absolute Gasteiger partial charge is 0.282 e. The van der Waals surface area contributed by atoms with Crippen molar-refractivity contribution >= 4 is 22.6 Å². The van der Waals surface area contributed by atoms with Gasteiger partial charge in [0.15, 0.2) is 0 Å². The van der Waals surface area contributed by atoms with Gasteiger partial charge in [0.05, 0.1) is 0 Å². The summed E-state index contributed by atoms with van der Waals surface area (Å²) in [5, 5.41) is 6.87. The Morgan fingerprint density at radius 3 is 2.92 bits per heavy atom. The van der Waals surface area contributed by atoms with E-state index in [4.69, 9.17) is 0 Å². The Morgan fingerprint density at radius 1 is 1.31 bits per heavy atom. The summed E-state index contributed by atoms with van der Waals surface area (Å²) in [7, 11) is 0. The van der Waals surface area contributed by atoms with Crippen molar-refractivity contribution in [3.8, 4) is 0 Å². The first kappa shape index (κ1) is 8.74. The standard InChI is InChI=1S/C10H9IN2/c11-9-3-1-2-8(6-9)7-10-4-5-12-13-10/h1-6H,7H2,(H,12,13). The van der Waals surface area contributed by atoms with E-state index in [1.54, 1.807) is 6.20 Å². The summed E-state index contributed by atoms with van der Waals surface area (Å²) in [6, 6.07) is 10.5. The van der Waals surface area contributed by atoms with Gasteiger partial charge in [0.2, 0.25) is 0 Å².